The first kappa shape index (κ1) is 29.5. The van der Waals surface area contributed by atoms with Crippen molar-refractivity contribution in [1.29, 1.82) is 0 Å². The van der Waals surface area contributed by atoms with Crippen LogP contribution in [0.1, 0.15) is 66.8 Å². The van der Waals surface area contributed by atoms with Crippen molar-refractivity contribution in [2.75, 3.05) is 13.2 Å². The van der Waals surface area contributed by atoms with Gasteiger partial charge in [-0.2, -0.15) is 0 Å². The summed E-state index contributed by atoms with van der Waals surface area (Å²) in [5.41, 5.74) is 5.34. The van der Waals surface area contributed by atoms with E-state index in [2.05, 4.69) is 34.3 Å². The summed E-state index contributed by atoms with van der Waals surface area (Å²) in [5.74, 6) is 0.0531. The topological polar surface area (TPSA) is 90.4 Å². The second kappa shape index (κ2) is 13.7. The van der Waals surface area contributed by atoms with Crippen LogP contribution in [0.5, 0.6) is 5.75 Å². The van der Waals surface area contributed by atoms with Gasteiger partial charge < -0.3 is 14.8 Å². The maximum atomic E-state index is 13.2. The zero-order valence-electron chi connectivity index (χ0n) is 24.1. The normalized spacial score (nSPS) is 11.1. The second-order valence-corrected chi connectivity index (χ2v) is 10.8. The molecule has 7 nitrogen and oxygen atoms in total. The number of benzene rings is 3. The van der Waals surface area contributed by atoms with Crippen molar-refractivity contribution in [1.82, 2.24) is 15.3 Å². The van der Waals surface area contributed by atoms with Crippen LogP contribution in [-0.2, 0) is 11.2 Å². The number of hydrogen-bond donors (Lipinski definition) is 1. The van der Waals surface area contributed by atoms with Gasteiger partial charge in [-0.3, -0.25) is 4.79 Å². The fraction of sp³-hybridized carbons (Fsp3) is 0.294. The van der Waals surface area contributed by atoms with Crippen LogP contribution in [0.2, 0.25) is 0 Å². The van der Waals surface area contributed by atoms with E-state index >= 15 is 0 Å². The molecule has 0 unspecified atom stereocenters. The van der Waals surface area contributed by atoms with E-state index < -0.39 is 5.60 Å². The SMILES string of the molecule is CCCCOc1ccc(-c2cncnc2)cc1C(=O)NCCc1ccc(-c2ccc(C(=O)OC(C)(C)C)cc2)cc1. The highest BCUT2D eigenvalue weighted by Gasteiger charge is 2.18. The van der Waals surface area contributed by atoms with Crippen molar-refractivity contribution in [3.05, 3.63) is 102 Å². The summed E-state index contributed by atoms with van der Waals surface area (Å²) in [7, 11) is 0. The van der Waals surface area contributed by atoms with Crippen molar-refractivity contribution >= 4 is 11.9 Å². The molecule has 4 rings (SSSR count). The maximum absolute atomic E-state index is 13.2. The molecule has 0 aliphatic rings. The summed E-state index contributed by atoms with van der Waals surface area (Å²) < 4.78 is 11.4. The lowest BCUT2D eigenvalue weighted by Crippen LogP contribution is -2.26. The number of carbonyl (C=O) groups excluding carboxylic acids is 2. The average Bonchev–Trinajstić information content (AvgIpc) is 2.97. The van der Waals surface area contributed by atoms with E-state index in [-0.39, 0.29) is 11.9 Å². The predicted molar refractivity (Wildman–Crippen MR) is 161 cm³/mol. The second-order valence-electron chi connectivity index (χ2n) is 10.8. The molecule has 0 atom stereocenters. The fourth-order valence-corrected chi connectivity index (χ4v) is 4.20. The largest absolute Gasteiger partial charge is 0.493 e. The Bertz CT molecular complexity index is 1440. The quantitative estimate of drug-likeness (QED) is 0.161. The first-order chi connectivity index (χ1) is 19.7. The van der Waals surface area contributed by atoms with E-state index in [1.54, 1.807) is 24.5 Å². The highest BCUT2D eigenvalue weighted by Crippen LogP contribution is 2.27. The van der Waals surface area contributed by atoms with E-state index in [0.717, 1.165) is 40.7 Å². The number of nitrogens with zero attached hydrogens (tertiary/aromatic N) is 2. The lowest BCUT2D eigenvalue weighted by molar-refractivity contribution is 0.00694. The third kappa shape index (κ3) is 8.48. The standard InChI is InChI=1S/C34H37N3O4/c1-5-6-19-40-31-16-15-28(29-21-35-23-36-22-29)20-30(31)32(38)37-18-17-24-7-9-25(10-8-24)26-11-13-27(14-12-26)33(39)41-34(2,3)4/h7-16,20-23H,5-6,17-19H2,1-4H3,(H,37,38). The van der Waals surface area contributed by atoms with Crippen molar-refractivity contribution in [2.24, 2.45) is 0 Å². The minimum absolute atomic E-state index is 0.183. The van der Waals surface area contributed by atoms with Crippen LogP contribution in [0.15, 0.2) is 85.5 Å². The fourth-order valence-electron chi connectivity index (χ4n) is 4.20. The number of esters is 1. The van der Waals surface area contributed by atoms with E-state index in [1.165, 1.54) is 6.33 Å². The molecule has 1 amide bonds. The zero-order chi connectivity index (χ0) is 29.2. The minimum Gasteiger partial charge on any atom is -0.493 e. The van der Waals surface area contributed by atoms with Crippen molar-refractivity contribution in [3.63, 3.8) is 0 Å². The molecule has 7 heteroatoms. The molecule has 212 valence electrons. The van der Waals surface area contributed by atoms with Gasteiger partial charge in [-0.1, -0.05) is 55.8 Å². The van der Waals surface area contributed by atoms with E-state index in [1.807, 2.05) is 63.2 Å². The molecule has 1 heterocycles. The van der Waals surface area contributed by atoms with Gasteiger partial charge in [0.25, 0.3) is 5.91 Å². The molecule has 3 aromatic carbocycles. The molecule has 4 aromatic rings. The Morgan fingerprint density at radius 2 is 1.46 bits per heavy atom. The summed E-state index contributed by atoms with van der Waals surface area (Å²) >= 11 is 0. The number of nitrogens with one attached hydrogen (secondary N) is 1. The molecule has 0 aliphatic heterocycles. The van der Waals surface area contributed by atoms with Gasteiger partial charge in [0.2, 0.25) is 0 Å². The molecule has 41 heavy (non-hydrogen) atoms. The molecular formula is C34H37N3O4. The summed E-state index contributed by atoms with van der Waals surface area (Å²) in [6.45, 7) is 8.70. The van der Waals surface area contributed by atoms with Crippen molar-refractivity contribution < 1.29 is 19.1 Å². The number of amides is 1. The Kier molecular flexibility index (Phi) is 9.85. The zero-order valence-corrected chi connectivity index (χ0v) is 24.1. The summed E-state index contributed by atoms with van der Waals surface area (Å²) in [6, 6.07) is 21.2. The Labute approximate surface area is 242 Å². The monoisotopic (exact) mass is 551 g/mol. The van der Waals surface area contributed by atoms with E-state index in [9.17, 15) is 9.59 Å². The van der Waals surface area contributed by atoms with Gasteiger partial charge in [0, 0.05) is 24.5 Å². The molecule has 0 bridgehead atoms. The Balaban J connectivity index is 1.37. The number of aromatic nitrogens is 2. The molecule has 0 saturated carbocycles. The number of carbonyl (C=O) groups is 2. The molecule has 1 N–H and O–H groups in total. The Hall–Kier alpha value is -4.52. The Morgan fingerprint density at radius 1 is 0.829 bits per heavy atom. The van der Waals surface area contributed by atoms with Crippen LogP contribution in [0.25, 0.3) is 22.3 Å². The molecule has 0 aliphatic carbocycles. The first-order valence-corrected chi connectivity index (χ1v) is 14.0. The molecule has 0 saturated heterocycles. The Morgan fingerprint density at radius 3 is 2.10 bits per heavy atom. The lowest BCUT2D eigenvalue weighted by Gasteiger charge is -2.19. The maximum Gasteiger partial charge on any atom is 0.338 e. The van der Waals surface area contributed by atoms with Gasteiger partial charge in [0.15, 0.2) is 0 Å². The van der Waals surface area contributed by atoms with E-state index in [4.69, 9.17) is 9.47 Å². The molecule has 1 aromatic heterocycles. The minimum atomic E-state index is -0.530. The van der Waals surface area contributed by atoms with Gasteiger partial charge in [-0.05, 0) is 80.1 Å². The summed E-state index contributed by atoms with van der Waals surface area (Å²) in [6.07, 6.45) is 7.54. The summed E-state index contributed by atoms with van der Waals surface area (Å²) in [4.78, 5) is 33.7. The lowest BCUT2D eigenvalue weighted by atomic mass is 10.0. The molecule has 0 spiro atoms. The highest BCUT2D eigenvalue weighted by atomic mass is 16.6. The molecular weight excluding hydrogens is 514 g/mol. The van der Waals surface area contributed by atoms with Crippen LogP contribution in [0.3, 0.4) is 0 Å². The smallest absolute Gasteiger partial charge is 0.338 e. The number of hydrogen-bond acceptors (Lipinski definition) is 6. The van der Waals surface area contributed by atoms with Gasteiger partial charge in [-0.15, -0.1) is 0 Å². The van der Waals surface area contributed by atoms with Crippen LogP contribution in [0.4, 0.5) is 0 Å². The van der Waals surface area contributed by atoms with E-state index in [0.29, 0.717) is 36.4 Å². The third-order valence-electron chi connectivity index (χ3n) is 6.38. The van der Waals surface area contributed by atoms with Gasteiger partial charge >= 0.3 is 5.97 Å². The van der Waals surface area contributed by atoms with Crippen LogP contribution in [0, 0.1) is 0 Å². The van der Waals surface area contributed by atoms with Crippen molar-refractivity contribution in [2.45, 2.75) is 52.6 Å². The van der Waals surface area contributed by atoms with Crippen LogP contribution >= 0.6 is 0 Å². The van der Waals surface area contributed by atoms with Crippen LogP contribution < -0.4 is 10.1 Å². The highest BCUT2D eigenvalue weighted by molar-refractivity contribution is 5.98. The van der Waals surface area contributed by atoms with Crippen LogP contribution in [-0.4, -0.2) is 40.6 Å². The summed E-state index contributed by atoms with van der Waals surface area (Å²) in [5, 5.41) is 3.04. The molecule has 0 radical (unpaired) electrons. The molecule has 0 fully saturated rings. The van der Waals surface area contributed by atoms with Gasteiger partial charge in [0.05, 0.1) is 17.7 Å². The third-order valence-corrected chi connectivity index (χ3v) is 6.38. The van der Waals surface area contributed by atoms with Gasteiger partial charge in [-0.25, -0.2) is 14.8 Å². The number of rotatable bonds is 11. The average molecular weight is 552 g/mol. The number of unbranched alkanes of at least 4 members (excludes halogenated alkanes) is 1. The number of ether oxygens (including phenoxy) is 2. The van der Waals surface area contributed by atoms with Gasteiger partial charge in [0.1, 0.15) is 17.7 Å². The predicted octanol–water partition coefficient (Wildman–Crippen LogP) is 6.92. The van der Waals surface area contributed by atoms with Crippen molar-refractivity contribution in [3.8, 4) is 28.0 Å². The first-order valence-electron chi connectivity index (χ1n) is 14.0.